The highest BCUT2D eigenvalue weighted by atomic mass is 16.2. The first-order chi connectivity index (χ1) is 12.9. The van der Waals surface area contributed by atoms with E-state index in [0.29, 0.717) is 32.0 Å². The lowest BCUT2D eigenvalue weighted by Crippen LogP contribution is -2.52. The largest absolute Gasteiger partial charge is 0.368 e. The van der Waals surface area contributed by atoms with Crippen LogP contribution in [-0.4, -0.2) is 47.9 Å². The van der Waals surface area contributed by atoms with Gasteiger partial charge < -0.3 is 15.1 Å². The van der Waals surface area contributed by atoms with Gasteiger partial charge in [-0.05, 0) is 29.2 Å². The van der Waals surface area contributed by atoms with Crippen LogP contribution in [0.5, 0.6) is 0 Å². The Kier molecular flexibility index (Phi) is 5.44. The number of nitrogens with one attached hydrogen (secondary N) is 1. The second kappa shape index (κ2) is 7.78. The zero-order valence-electron chi connectivity index (χ0n) is 16.1. The third kappa shape index (κ3) is 4.45. The first kappa shape index (κ1) is 18.9. The molecule has 2 amide bonds. The van der Waals surface area contributed by atoms with Gasteiger partial charge in [-0.3, -0.25) is 9.59 Å². The molecule has 1 aliphatic heterocycles. The Hall–Kier alpha value is -2.89. The number of carbonyl (C=O) groups is 2. The van der Waals surface area contributed by atoms with E-state index in [1.165, 1.54) is 11.3 Å². The molecule has 1 aromatic carbocycles. The monoisotopic (exact) mass is 366 g/mol. The van der Waals surface area contributed by atoms with Crippen molar-refractivity contribution in [3.05, 3.63) is 54.2 Å². The molecule has 0 atom stereocenters. The molecule has 1 N–H and O–H groups in total. The highest BCUT2D eigenvalue weighted by Crippen LogP contribution is 2.32. The molecule has 6 heteroatoms. The lowest BCUT2D eigenvalue weighted by Gasteiger charge is -2.38. The van der Waals surface area contributed by atoms with Gasteiger partial charge in [0, 0.05) is 38.1 Å². The number of nitrogens with zero attached hydrogens (tertiary/aromatic N) is 3. The van der Waals surface area contributed by atoms with E-state index in [-0.39, 0.29) is 5.41 Å². The number of para-hydroxylation sites is 1. The van der Waals surface area contributed by atoms with Crippen LogP contribution in [0.1, 0.15) is 26.3 Å². The maximum atomic E-state index is 12.4. The molecule has 1 aromatic heterocycles. The van der Waals surface area contributed by atoms with E-state index >= 15 is 0 Å². The minimum Gasteiger partial charge on any atom is -0.368 e. The highest BCUT2D eigenvalue weighted by molar-refractivity contribution is 6.39. The molecule has 1 saturated heterocycles. The summed E-state index contributed by atoms with van der Waals surface area (Å²) in [6.45, 7) is 9.06. The fraction of sp³-hybridized carbons (Fsp3) is 0.381. The third-order valence-corrected chi connectivity index (χ3v) is 4.72. The number of hydrogen-bond acceptors (Lipinski definition) is 4. The molecule has 6 nitrogen and oxygen atoms in total. The van der Waals surface area contributed by atoms with Crippen molar-refractivity contribution in [2.45, 2.75) is 26.2 Å². The quantitative estimate of drug-likeness (QED) is 0.830. The molecule has 27 heavy (non-hydrogen) atoms. The minimum absolute atomic E-state index is 0.0477. The lowest BCUT2D eigenvalue weighted by atomic mass is 9.85. The van der Waals surface area contributed by atoms with Crippen molar-refractivity contribution >= 4 is 23.3 Å². The summed E-state index contributed by atoms with van der Waals surface area (Å²) >= 11 is 0. The number of anilines is 2. The Bertz CT molecular complexity index is 806. The summed E-state index contributed by atoms with van der Waals surface area (Å²) in [5, 5.41) is 2.56. The Morgan fingerprint density at radius 1 is 0.963 bits per heavy atom. The fourth-order valence-corrected chi connectivity index (χ4v) is 3.28. The van der Waals surface area contributed by atoms with E-state index in [4.69, 9.17) is 0 Å². The molecule has 2 aromatic rings. The van der Waals surface area contributed by atoms with Crippen LogP contribution in [0.15, 0.2) is 48.7 Å². The van der Waals surface area contributed by atoms with E-state index in [0.717, 1.165) is 0 Å². The average molecular weight is 366 g/mol. The van der Waals surface area contributed by atoms with Crippen LogP contribution in [0.2, 0.25) is 0 Å². The average Bonchev–Trinajstić information content (AvgIpc) is 2.67. The molecule has 2 heterocycles. The Labute approximate surface area is 160 Å². The van der Waals surface area contributed by atoms with Crippen molar-refractivity contribution in [3.8, 4) is 0 Å². The van der Waals surface area contributed by atoms with Crippen molar-refractivity contribution in [3.63, 3.8) is 0 Å². The van der Waals surface area contributed by atoms with Gasteiger partial charge in [0.25, 0.3) is 0 Å². The fourth-order valence-electron chi connectivity index (χ4n) is 3.28. The SMILES string of the molecule is CC(C)(C)c1ccccc1N1CCN(C(=O)C(=O)Nc2ccccn2)CC1. The molecule has 1 aliphatic rings. The predicted molar refractivity (Wildman–Crippen MR) is 107 cm³/mol. The smallest absolute Gasteiger partial charge is 0.315 e. The molecule has 0 aliphatic carbocycles. The van der Waals surface area contributed by atoms with Crippen molar-refractivity contribution in [2.24, 2.45) is 0 Å². The van der Waals surface area contributed by atoms with E-state index in [2.05, 4.69) is 54.2 Å². The molecule has 0 spiro atoms. The summed E-state index contributed by atoms with van der Waals surface area (Å²) in [6.07, 6.45) is 1.57. The maximum Gasteiger partial charge on any atom is 0.315 e. The van der Waals surface area contributed by atoms with Crippen molar-refractivity contribution in [2.75, 3.05) is 36.4 Å². The van der Waals surface area contributed by atoms with Gasteiger partial charge >= 0.3 is 11.8 Å². The zero-order valence-corrected chi connectivity index (χ0v) is 16.1. The third-order valence-electron chi connectivity index (χ3n) is 4.72. The van der Waals surface area contributed by atoms with Crippen molar-refractivity contribution in [1.29, 1.82) is 0 Å². The Morgan fingerprint density at radius 2 is 1.63 bits per heavy atom. The molecule has 1 fully saturated rings. The van der Waals surface area contributed by atoms with Crippen LogP contribution in [0.25, 0.3) is 0 Å². The minimum atomic E-state index is -0.641. The van der Waals surface area contributed by atoms with Gasteiger partial charge in [0.2, 0.25) is 0 Å². The van der Waals surface area contributed by atoms with Crippen LogP contribution < -0.4 is 10.2 Å². The predicted octanol–water partition coefficient (Wildman–Crippen LogP) is 2.67. The Morgan fingerprint density at radius 3 is 2.26 bits per heavy atom. The summed E-state index contributed by atoms with van der Waals surface area (Å²) in [6, 6.07) is 13.6. The number of hydrogen-bond donors (Lipinski definition) is 1. The maximum absolute atomic E-state index is 12.4. The number of benzene rings is 1. The number of aromatic nitrogens is 1. The topological polar surface area (TPSA) is 65.5 Å². The number of piperazine rings is 1. The molecular formula is C21H26N4O2. The van der Waals surface area contributed by atoms with Gasteiger partial charge in [0.15, 0.2) is 0 Å². The van der Waals surface area contributed by atoms with Crippen LogP contribution in [0, 0.1) is 0 Å². The Balaban J connectivity index is 1.62. The molecule has 0 radical (unpaired) electrons. The number of rotatable bonds is 2. The van der Waals surface area contributed by atoms with Gasteiger partial charge in [-0.15, -0.1) is 0 Å². The summed E-state index contributed by atoms with van der Waals surface area (Å²) in [7, 11) is 0. The zero-order chi connectivity index (χ0) is 19.4. The van der Waals surface area contributed by atoms with Crippen LogP contribution >= 0.6 is 0 Å². The van der Waals surface area contributed by atoms with E-state index in [9.17, 15) is 9.59 Å². The standard InChI is InChI=1S/C21H26N4O2/c1-21(2,3)16-8-4-5-9-17(16)24-12-14-25(15-13-24)20(27)19(26)23-18-10-6-7-11-22-18/h4-11H,12-15H2,1-3H3,(H,22,23,26). The molecular weight excluding hydrogens is 340 g/mol. The second-order valence-corrected chi connectivity index (χ2v) is 7.72. The van der Waals surface area contributed by atoms with Crippen LogP contribution in [-0.2, 0) is 15.0 Å². The molecule has 0 unspecified atom stereocenters. The van der Waals surface area contributed by atoms with Crippen molar-refractivity contribution < 1.29 is 9.59 Å². The first-order valence-electron chi connectivity index (χ1n) is 9.22. The van der Waals surface area contributed by atoms with E-state index in [1.807, 2.05) is 6.07 Å². The highest BCUT2D eigenvalue weighted by Gasteiger charge is 2.28. The summed E-state index contributed by atoms with van der Waals surface area (Å²) in [5.41, 5.74) is 2.54. The number of carbonyl (C=O) groups excluding carboxylic acids is 2. The van der Waals surface area contributed by atoms with Crippen molar-refractivity contribution in [1.82, 2.24) is 9.88 Å². The summed E-state index contributed by atoms with van der Waals surface area (Å²) < 4.78 is 0. The molecule has 0 bridgehead atoms. The lowest BCUT2D eigenvalue weighted by molar-refractivity contribution is -0.143. The van der Waals surface area contributed by atoms with Gasteiger partial charge in [-0.2, -0.15) is 0 Å². The van der Waals surface area contributed by atoms with E-state index < -0.39 is 11.8 Å². The second-order valence-electron chi connectivity index (χ2n) is 7.72. The van der Waals surface area contributed by atoms with Gasteiger partial charge in [-0.25, -0.2) is 4.98 Å². The van der Waals surface area contributed by atoms with Gasteiger partial charge in [0.1, 0.15) is 5.82 Å². The first-order valence-corrected chi connectivity index (χ1v) is 9.22. The number of amides is 2. The summed E-state index contributed by atoms with van der Waals surface area (Å²) in [4.78, 5) is 32.6. The number of pyridine rings is 1. The van der Waals surface area contributed by atoms with Gasteiger partial charge in [-0.1, -0.05) is 45.0 Å². The van der Waals surface area contributed by atoms with Gasteiger partial charge in [0.05, 0.1) is 0 Å². The van der Waals surface area contributed by atoms with Crippen LogP contribution in [0.3, 0.4) is 0 Å². The molecule has 3 rings (SSSR count). The summed E-state index contributed by atoms with van der Waals surface area (Å²) in [5.74, 6) is -0.768. The van der Waals surface area contributed by atoms with E-state index in [1.54, 1.807) is 29.3 Å². The molecule has 0 saturated carbocycles. The molecule has 142 valence electrons. The normalized spacial score (nSPS) is 14.8. The van der Waals surface area contributed by atoms with Crippen LogP contribution in [0.4, 0.5) is 11.5 Å².